The van der Waals surface area contributed by atoms with Crippen LogP contribution in [0.25, 0.3) is 0 Å². The predicted molar refractivity (Wildman–Crippen MR) is 71.5 cm³/mol. The number of hydrogen-bond acceptors (Lipinski definition) is 4. The lowest BCUT2D eigenvalue weighted by Gasteiger charge is -2.13. The highest BCUT2D eigenvalue weighted by Crippen LogP contribution is 2.26. The Labute approximate surface area is 113 Å². The lowest BCUT2D eigenvalue weighted by atomic mass is 10.1. The van der Waals surface area contributed by atoms with Gasteiger partial charge in [-0.05, 0) is 25.5 Å². The van der Waals surface area contributed by atoms with Crippen LogP contribution in [-0.4, -0.2) is 31.6 Å². The van der Waals surface area contributed by atoms with E-state index in [4.69, 9.17) is 4.74 Å². The molecule has 0 radical (unpaired) electrons. The number of benzene rings is 1. The summed E-state index contributed by atoms with van der Waals surface area (Å²) in [5.74, 6) is -0.0567. The summed E-state index contributed by atoms with van der Waals surface area (Å²) in [4.78, 5) is 0. The summed E-state index contributed by atoms with van der Waals surface area (Å²) in [5, 5.41) is 9.52. The zero-order chi connectivity index (χ0) is 14.5. The van der Waals surface area contributed by atoms with Crippen molar-refractivity contribution in [2.45, 2.75) is 26.4 Å². The normalized spacial score (nSPS) is 13.3. The molecular formula is C13H19FO4S. The van der Waals surface area contributed by atoms with Crippen LogP contribution in [0.15, 0.2) is 18.2 Å². The summed E-state index contributed by atoms with van der Waals surface area (Å²) in [5.41, 5.74) is 0.486. The summed E-state index contributed by atoms with van der Waals surface area (Å²) >= 11 is 0. The van der Waals surface area contributed by atoms with Gasteiger partial charge in [0.2, 0.25) is 0 Å². The topological polar surface area (TPSA) is 63.6 Å². The van der Waals surface area contributed by atoms with Crippen molar-refractivity contribution in [1.82, 2.24) is 0 Å². The highest BCUT2D eigenvalue weighted by Gasteiger charge is 2.11. The molecule has 0 bridgehead atoms. The first kappa shape index (κ1) is 15.9. The molecule has 0 amide bonds. The van der Waals surface area contributed by atoms with Crippen LogP contribution in [0.5, 0.6) is 5.75 Å². The molecule has 1 unspecified atom stereocenters. The quantitative estimate of drug-likeness (QED) is 0.781. The number of hydrogen-bond donors (Lipinski definition) is 1. The van der Waals surface area contributed by atoms with Gasteiger partial charge < -0.3 is 9.84 Å². The fraction of sp³-hybridized carbons (Fsp3) is 0.538. The molecule has 0 aliphatic heterocycles. The van der Waals surface area contributed by atoms with Crippen molar-refractivity contribution in [3.63, 3.8) is 0 Å². The van der Waals surface area contributed by atoms with Crippen LogP contribution in [-0.2, 0) is 9.84 Å². The molecule has 0 aliphatic carbocycles. The molecule has 0 heterocycles. The molecule has 1 rings (SSSR count). The van der Waals surface area contributed by atoms with Gasteiger partial charge >= 0.3 is 0 Å². The van der Waals surface area contributed by atoms with Gasteiger partial charge in [0.05, 0.1) is 18.5 Å². The van der Waals surface area contributed by atoms with Crippen LogP contribution in [0.2, 0.25) is 0 Å². The minimum absolute atomic E-state index is 0.0445. The molecule has 0 spiro atoms. The van der Waals surface area contributed by atoms with Gasteiger partial charge in [-0.3, -0.25) is 0 Å². The Hall–Kier alpha value is -1.14. The first-order chi connectivity index (χ1) is 8.85. The molecule has 1 aromatic rings. The summed E-state index contributed by atoms with van der Waals surface area (Å²) in [6, 6.07) is 3.89. The smallest absolute Gasteiger partial charge is 0.150 e. The number of ether oxygens (including phenoxy) is 1. The van der Waals surface area contributed by atoms with Crippen LogP contribution >= 0.6 is 0 Å². The van der Waals surface area contributed by atoms with E-state index in [1.54, 1.807) is 13.8 Å². The van der Waals surface area contributed by atoms with Gasteiger partial charge in [-0.15, -0.1) is 0 Å². The van der Waals surface area contributed by atoms with Gasteiger partial charge in [-0.1, -0.05) is 6.92 Å². The van der Waals surface area contributed by atoms with Crippen molar-refractivity contribution in [3.05, 3.63) is 29.6 Å². The van der Waals surface area contributed by atoms with Gasteiger partial charge in [-0.2, -0.15) is 0 Å². The number of aliphatic hydroxyl groups is 1. The van der Waals surface area contributed by atoms with Crippen molar-refractivity contribution in [2.24, 2.45) is 0 Å². The molecule has 4 nitrogen and oxygen atoms in total. The maximum atomic E-state index is 13.1. The third-order valence-corrected chi connectivity index (χ3v) is 4.51. The molecule has 0 aliphatic rings. The fourth-order valence-electron chi connectivity index (χ4n) is 1.58. The lowest BCUT2D eigenvalue weighted by molar-refractivity contribution is 0.191. The second-order valence-corrected chi connectivity index (χ2v) is 6.77. The Morgan fingerprint density at radius 1 is 1.42 bits per heavy atom. The van der Waals surface area contributed by atoms with Gasteiger partial charge in [0.1, 0.15) is 21.4 Å². The molecule has 19 heavy (non-hydrogen) atoms. The largest absolute Gasteiger partial charge is 0.493 e. The molecule has 1 N–H and O–H groups in total. The predicted octanol–water partition coefficient (Wildman–Crippen LogP) is 2.08. The number of rotatable bonds is 7. The highest BCUT2D eigenvalue weighted by molar-refractivity contribution is 7.91. The van der Waals surface area contributed by atoms with Gasteiger partial charge in [0.15, 0.2) is 0 Å². The monoisotopic (exact) mass is 290 g/mol. The van der Waals surface area contributed by atoms with Crippen molar-refractivity contribution >= 4 is 9.84 Å². The fourth-order valence-corrected chi connectivity index (χ4v) is 2.43. The van der Waals surface area contributed by atoms with Crippen LogP contribution < -0.4 is 4.74 Å². The molecule has 108 valence electrons. The second kappa shape index (κ2) is 6.86. The van der Waals surface area contributed by atoms with E-state index in [1.165, 1.54) is 18.2 Å². The van der Waals surface area contributed by atoms with E-state index in [0.717, 1.165) is 0 Å². The van der Waals surface area contributed by atoms with Gasteiger partial charge in [0.25, 0.3) is 0 Å². The average Bonchev–Trinajstić information content (AvgIpc) is 2.34. The molecule has 0 saturated heterocycles. The molecule has 6 heteroatoms. The third kappa shape index (κ3) is 5.16. The standard InChI is InChI=1S/C13H19FO4S/c1-3-19(16,17)8-4-7-18-13-9-11(14)5-6-12(13)10(2)15/h5-6,9-10,15H,3-4,7-8H2,1-2H3. The van der Waals surface area contributed by atoms with Crippen molar-refractivity contribution < 1.29 is 22.7 Å². The minimum atomic E-state index is -3.01. The molecule has 0 aromatic heterocycles. The van der Waals surface area contributed by atoms with Crippen LogP contribution in [0.3, 0.4) is 0 Å². The molecule has 1 aromatic carbocycles. The summed E-state index contributed by atoms with van der Waals surface area (Å²) in [7, 11) is -3.01. The minimum Gasteiger partial charge on any atom is -0.493 e. The first-order valence-corrected chi connectivity index (χ1v) is 7.98. The SMILES string of the molecule is CCS(=O)(=O)CCCOc1cc(F)ccc1C(C)O. The Balaban J connectivity index is 2.60. The lowest BCUT2D eigenvalue weighted by Crippen LogP contribution is -2.12. The molecule has 0 fully saturated rings. The van der Waals surface area contributed by atoms with E-state index in [9.17, 15) is 17.9 Å². The van der Waals surface area contributed by atoms with E-state index in [-0.39, 0.29) is 23.9 Å². The highest BCUT2D eigenvalue weighted by atomic mass is 32.2. The first-order valence-electron chi connectivity index (χ1n) is 6.16. The zero-order valence-corrected chi connectivity index (χ0v) is 11.9. The Morgan fingerprint density at radius 2 is 2.11 bits per heavy atom. The summed E-state index contributed by atoms with van der Waals surface area (Å²) < 4.78 is 41.0. The van der Waals surface area contributed by atoms with E-state index in [1.807, 2.05) is 0 Å². The second-order valence-electron chi connectivity index (χ2n) is 4.30. The number of sulfone groups is 1. The van der Waals surface area contributed by atoms with E-state index < -0.39 is 21.8 Å². The van der Waals surface area contributed by atoms with Crippen molar-refractivity contribution in [3.8, 4) is 5.75 Å². The summed E-state index contributed by atoms with van der Waals surface area (Å²) in [6.45, 7) is 3.32. The Bertz CT molecular complexity index is 511. The van der Waals surface area contributed by atoms with Crippen LogP contribution in [0.1, 0.15) is 31.9 Å². The van der Waals surface area contributed by atoms with Gasteiger partial charge in [-0.25, -0.2) is 12.8 Å². The van der Waals surface area contributed by atoms with Crippen LogP contribution in [0, 0.1) is 5.82 Å². The maximum Gasteiger partial charge on any atom is 0.150 e. The maximum absolute atomic E-state index is 13.1. The molecular weight excluding hydrogens is 271 g/mol. The zero-order valence-electron chi connectivity index (χ0n) is 11.1. The molecule has 0 saturated carbocycles. The summed E-state index contributed by atoms with van der Waals surface area (Å²) in [6.07, 6.45) is -0.429. The van der Waals surface area contributed by atoms with Gasteiger partial charge in [0, 0.05) is 17.4 Å². The number of halogens is 1. The van der Waals surface area contributed by atoms with Crippen molar-refractivity contribution in [1.29, 1.82) is 0 Å². The van der Waals surface area contributed by atoms with E-state index in [2.05, 4.69) is 0 Å². The van der Waals surface area contributed by atoms with E-state index in [0.29, 0.717) is 12.0 Å². The Kier molecular flexibility index (Phi) is 5.75. The third-order valence-electron chi connectivity index (χ3n) is 2.72. The number of aliphatic hydroxyl groups excluding tert-OH is 1. The average molecular weight is 290 g/mol. The molecule has 1 atom stereocenters. The van der Waals surface area contributed by atoms with E-state index >= 15 is 0 Å². The Morgan fingerprint density at radius 3 is 2.68 bits per heavy atom. The van der Waals surface area contributed by atoms with Crippen molar-refractivity contribution in [2.75, 3.05) is 18.1 Å². The van der Waals surface area contributed by atoms with Crippen LogP contribution in [0.4, 0.5) is 4.39 Å².